The predicted molar refractivity (Wildman–Crippen MR) is 96.1 cm³/mol. The van der Waals surface area contributed by atoms with Crippen molar-refractivity contribution in [1.82, 2.24) is 19.5 Å². The third kappa shape index (κ3) is 2.89. The lowest BCUT2D eigenvalue weighted by atomic mass is 10.1. The normalized spacial score (nSPS) is 11.1. The molecule has 0 aliphatic heterocycles. The molecule has 6 nitrogen and oxygen atoms in total. The molecule has 124 valence electrons. The predicted octanol–water partition coefficient (Wildman–Crippen LogP) is 2.65. The van der Waals surface area contributed by atoms with E-state index in [1.165, 1.54) is 5.56 Å². The van der Waals surface area contributed by atoms with Gasteiger partial charge in [0.2, 0.25) is 5.91 Å². The number of aromatic nitrogens is 4. The Morgan fingerprint density at radius 2 is 2.00 bits per heavy atom. The topological polar surface area (TPSA) is 89.6 Å². The van der Waals surface area contributed by atoms with Crippen LogP contribution in [0.2, 0.25) is 0 Å². The van der Waals surface area contributed by atoms with Crippen LogP contribution in [-0.4, -0.2) is 25.4 Å². The molecule has 0 bridgehead atoms. The monoisotopic (exact) mass is 331 g/mol. The van der Waals surface area contributed by atoms with Crippen LogP contribution in [0, 0.1) is 0 Å². The van der Waals surface area contributed by atoms with E-state index in [0.717, 1.165) is 34.7 Å². The second-order valence-corrected chi connectivity index (χ2v) is 6.01. The highest BCUT2D eigenvalue weighted by Gasteiger charge is 2.08. The van der Waals surface area contributed by atoms with Crippen molar-refractivity contribution in [2.24, 2.45) is 12.8 Å². The maximum absolute atomic E-state index is 11.3. The highest BCUT2D eigenvalue weighted by Crippen LogP contribution is 2.22. The fourth-order valence-electron chi connectivity index (χ4n) is 2.83. The number of nitrogens with zero attached hydrogens (tertiary/aromatic N) is 3. The van der Waals surface area contributed by atoms with E-state index in [-0.39, 0.29) is 0 Å². The highest BCUT2D eigenvalue weighted by molar-refractivity contribution is 5.96. The molecule has 25 heavy (non-hydrogen) atoms. The van der Waals surface area contributed by atoms with E-state index in [1.807, 2.05) is 29.9 Å². The van der Waals surface area contributed by atoms with E-state index >= 15 is 0 Å². The fraction of sp³-hybridized carbons (Fsp3) is 0.105. The molecule has 0 saturated carbocycles. The van der Waals surface area contributed by atoms with Gasteiger partial charge in [-0.1, -0.05) is 24.3 Å². The first kappa shape index (κ1) is 15.1. The number of carbonyl (C=O) groups excluding carboxylic acids is 1. The van der Waals surface area contributed by atoms with Crippen molar-refractivity contribution in [2.45, 2.75) is 6.42 Å². The van der Waals surface area contributed by atoms with E-state index in [1.54, 1.807) is 24.4 Å². The highest BCUT2D eigenvalue weighted by atomic mass is 16.1. The first-order valence-corrected chi connectivity index (χ1v) is 7.95. The number of carbonyl (C=O) groups is 1. The molecule has 4 rings (SSSR count). The zero-order valence-corrected chi connectivity index (χ0v) is 13.7. The Bertz CT molecular complexity index is 1060. The summed E-state index contributed by atoms with van der Waals surface area (Å²) in [6.07, 6.45) is 4.53. The molecule has 2 aromatic heterocycles. The van der Waals surface area contributed by atoms with E-state index in [2.05, 4.69) is 27.1 Å². The Labute approximate surface area is 144 Å². The number of nitrogens with one attached hydrogen (secondary N) is 1. The van der Waals surface area contributed by atoms with Crippen LogP contribution in [0.5, 0.6) is 0 Å². The Morgan fingerprint density at radius 3 is 2.68 bits per heavy atom. The Kier molecular flexibility index (Phi) is 3.57. The van der Waals surface area contributed by atoms with E-state index in [4.69, 9.17) is 5.73 Å². The summed E-state index contributed by atoms with van der Waals surface area (Å²) in [5, 5.41) is 0. The van der Waals surface area contributed by atoms with Gasteiger partial charge in [0, 0.05) is 37.0 Å². The molecule has 0 unspecified atom stereocenters. The summed E-state index contributed by atoms with van der Waals surface area (Å²) in [4.78, 5) is 23.5. The molecule has 2 heterocycles. The van der Waals surface area contributed by atoms with Gasteiger partial charge in [-0.3, -0.25) is 4.79 Å². The van der Waals surface area contributed by atoms with Gasteiger partial charge in [-0.15, -0.1) is 0 Å². The van der Waals surface area contributed by atoms with Crippen LogP contribution in [0.1, 0.15) is 21.7 Å². The minimum atomic E-state index is -0.448. The van der Waals surface area contributed by atoms with Gasteiger partial charge in [-0.2, -0.15) is 0 Å². The standard InChI is InChI=1S/C19H17N5O/c1-24-9-8-21-17(24)10-12-2-4-13(5-3-12)19-22-15-7-6-14(18(20)25)11-16(15)23-19/h2-9,11H,10H2,1H3,(H2,20,25)(H,22,23). The lowest BCUT2D eigenvalue weighted by molar-refractivity contribution is 0.100. The quantitative estimate of drug-likeness (QED) is 0.602. The Morgan fingerprint density at radius 1 is 1.20 bits per heavy atom. The third-order valence-corrected chi connectivity index (χ3v) is 4.28. The molecule has 4 aromatic rings. The largest absolute Gasteiger partial charge is 0.366 e. The van der Waals surface area contributed by atoms with Crippen molar-refractivity contribution in [1.29, 1.82) is 0 Å². The summed E-state index contributed by atoms with van der Waals surface area (Å²) in [7, 11) is 1.99. The number of H-pyrrole nitrogens is 1. The zero-order chi connectivity index (χ0) is 17.4. The first-order valence-electron chi connectivity index (χ1n) is 7.95. The molecule has 1 amide bonds. The second-order valence-electron chi connectivity index (χ2n) is 6.01. The van der Waals surface area contributed by atoms with Gasteiger partial charge in [0.25, 0.3) is 0 Å². The van der Waals surface area contributed by atoms with E-state index in [0.29, 0.717) is 5.56 Å². The minimum Gasteiger partial charge on any atom is -0.366 e. The Hall–Kier alpha value is -3.41. The summed E-state index contributed by atoms with van der Waals surface area (Å²) in [5.41, 5.74) is 9.56. The van der Waals surface area contributed by atoms with Gasteiger partial charge in [0.15, 0.2) is 0 Å². The smallest absolute Gasteiger partial charge is 0.248 e. The van der Waals surface area contributed by atoms with Gasteiger partial charge in [-0.25, -0.2) is 9.97 Å². The summed E-state index contributed by atoms with van der Waals surface area (Å²) in [5.74, 6) is 1.34. The van der Waals surface area contributed by atoms with Gasteiger partial charge in [0.1, 0.15) is 11.6 Å². The second kappa shape index (κ2) is 5.90. The van der Waals surface area contributed by atoms with Crippen molar-refractivity contribution in [3.05, 3.63) is 71.8 Å². The number of aromatic amines is 1. The average molecular weight is 331 g/mol. The number of nitrogens with two attached hydrogens (primary N) is 1. The van der Waals surface area contributed by atoms with Crippen LogP contribution in [0.25, 0.3) is 22.4 Å². The molecule has 0 aliphatic rings. The van der Waals surface area contributed by atoms with Crippen molar-refractivity contribution >= 4 is 16.9 Å². The molecular formula is C19H17N5O. The van der Waals surface area contributed by atoms with Gasteiger partial charge >= 0.3 is 0 Å². The molecule has 0 atom stereocenters. The third-order valence-electron chi connectivity index (χ3n) is 4.28. The average Bonchev–Trinajstić information content (AvgIpc) is 3.21. The van der Waals surface area contributed by atoms with Crippen LogP contribution in [0.4, 0.5) is 0 Å². The molecule has 0 fully saturated rings. The number of aryl methyl sites for hydroxylation is 1. The number of primary amides is 1. The SMILES string of the molecule is Cn1ccnc1Cc1ccc(-c2nc3ccc(C(N)=O)cc3[nH]2)cc1. The van der Waals surface area contributed by atoms with Gasteiger partial charge in [0.05, 0.1) is 11.0 Å². The molecule has 0 saturated heterocycles. The van der Waals surface area contributed by atoms with Crippen LogP contribution in [-0.2, 0) is 13.5 Å². The fourth-order valence-corrected chi connectivity index (χ4v) is 2.83. The van der Waals surface area contributed by atoms with E-state index < -0.39 is 5.91 Å². The molecule has 0 aliphatic carbocycles. The molecule has 3 N–H and O–H groups in total. The zero-order valence-electron chi connectivity index (χ0n) is 13.7. The number of rotatable bonds is 4. The molecule has 2 aromatic carbocycles. The van der Waals surface area contributed by atoms with Crippen molar-refractivity contribution in [3.63, 3.8) is 0 Å². The molecule has 0 radical (unpaired) electrons. The molecule has 0 spiro atoms. The molecule has 6 heteroatoms. The number of hydrogen-bond acceptors (Lipinski definition) is 3. The number of fused-ring (bicyclic) bond motifs is 1. The molecular weight excluding hydrogens is 314 g/mol. The maximum Gasteiger partial charge on any atom is 0.248 e. The van der Waals surface area contributed by atoms with Crippen molar-refractivity contribution in [3.8, 4) is 11.4 Å². The number of imidazole rings is 2. The summed E-state index contributed by atoms with van der Waals surface area (Å²) < 4.78 is 2.02. The summed E-state index contributed by atoms with van der Waals surface area (Å²) in [6, 6.07) is 13.4. The lowest BCUT2D eigenvalue weighted by Crippen LogP contribution is -2.10. The van der Waals surface area contributed by atoms with Crippen LogP contribution >= 0.6 is 0 Å². The minimum absolute atomic E-state index is 0.448. The summed E-state index contributed by atoms with van der Waals surface area (Å²) >= 11 is 0. The number of benzene rings is 2. The van der Waals surface area contributed by atoms with Gasteiger partial charge < -0.3 is 15.3 Å². The summed E-state index contributed by atoms with van der Waals surface area (Å²) in [6.45, 7) is 0. The number of hydrogen-bond donors (Lipinski definition) is 2. The van der Waals surface area contributed by atoms with Crippen molar-refractivity contribution < 1.29 is 4.79 Å². The maximum atomic E-state index is 11.3. The van der Waals surface area contributed by atoms with Gasteiger partial charge in [-0.05, 0) is 23.8 Å². The Balaban J connectivity index is 1.62. The van der Waals surface area contributed by atoms with E-state index in [9.17, 15) is 4.79 Å². The van der Waals surface area contributed by atoms with Crippen LogP contribution in [0.3, 0.4) is 0 Å². The number of amides is 1. The first-order chi connectivity index (χ1) is 12.1. The van der Waals surface area contributed by atoms with Crippen molar-refractivity contribution in [2.75, 3.05) is 0 Å². The van der Waals surface area contributed by atoms with Crippen LogP contribution < -0.4 is 5.73 Å². The lowest BCUT2D eigenvalue weighted by Gasteiger charge is -2.03. The van der Waals surface area contributed by atoms with Crippen LogP contribution in [0.15, 0.2) is 54.9 Å².